The van der Waals surface area contributed by atoms with Gasteiger partial charge in [0.1, 0.15) is 54.6 Å². The molecule has 34 nitrogen and oxygen atoms in total. The molecule has 10 rings (SSSR count). The second kappa shape index (κ2) is 33.3. The number of imidazole rings is 2. The number of phosphoric acid groups is 1. The zero-order valence-electron chi connectivity index (χ0n) is 52.2. The van der Waals surface area contributed by atoms with Crippen molar-refractivity contribution in [2.24, 2.45) is 5.92 Å². The third-order valence-electron chi connectivity index (χ3n) is 16.0. The average Bonchev–Trinajstić information content (AvgIpc) is 1.67. The number of amides is 6. The lowest BCUT2D eigenvalue weighted by molar-refractivity contribution is -0.132. The van der Waals surface area contributed by atoms with E-state index in [0.29, 0.717) is 62.5 Å². The first-order chi connectivity index (χ1) is 45.7. The Kier molecular flexibility index (Phi) is 25.1. The average molecular weight is 1410 g/mol. The van der Waals surface area contributed by atoms with Crippen LogP contribution in [0.2, 0.25) is 0 Å². The number of urea groups is 1. The molecule has 14 atom stereocenters. The molecule has 0 bridgehead atoms. The van der Waals surface area contributed by atoms with E-state index < -0.39 is 106 Å². The van der Waals surface area contributed by atoms with E-state index in [1.807, 2.05) is 11.8 Å². The fourth-order valence-electron chi connectivity index (χ4n) is 11.0. The molecule has 0 saturated carbocycles. The number of H-pyrrole nitrogens is 1. The number of thioether (sulfide) groups is 1. The molecule has 39 heteroatoms. The van der Waals surface area contributed by atoms with E-state index in [-0.39, 0.29) is 96.5 Å². The molecule has 0 spiro atoms. The van der Waals surface area contributed by atoms with Gasteiger partial charge in [-0.05, 0) is 54.8 Å². The highest BCUT2D eigenvalue weighted by atomic mass is 32.7. The maximum atomic E-state index is 16.6. The van der Waals surface area contributed by atoms with Crippen LogP contribution in [-0.2, 0) is 80.6 Å². The zero-order chi connectivity index (χ0) is 67.2. The third kappa shape index (κ3) is 19.1. The van der Waals surface area contributed by atoms with Crippen molar-refractivity contribution in [2.75, 3.05) is 89.4 Å². The summed E-state index contributed by atoms with van der Waals surface area (Å²) < 4.78 is 106. The van der Waals surface area contributed by atoms with Crippen LogP contribution in [0.25, 0.3) is 22.3 Å². The lowest BCUT2D eigenvalue weighted by Crippen LogP contribution is -2.53. The molecule has 1 aromatic carbocycles. The third-order valence-corrected chi connectivity index (χ3v) is 22.1. The standard InChI is InChI=1S/C56H78FN15O19P2S2/c1-31(2)44(69-41(74)12-14-82-16-18-84-20-21-85-19-17-83-15-13-59-40(73)7-5-4-6-39-45-35(26-94-39)68-56(78)70-45)54(77)66-32(3)52(75)67-34-10-8-33(9-11-34)25-95-93(81)87-24-38-48(43(57)55(89-38)72-30-64-46-49(58)60-27-61-50(46)72)91-92(79,80)86-23-37-36(90-93)22-42(88-37)71-29-65-47-51(71)62-28-63-53(47)76/h8-11,27-32,35-39,42-45,48,55H,4-7,12-26H2,1-3H3,(H,59,73)(H,66,77)(H,67,75)(H,69,74)(H,79,80)(H2,58,60,61)(H,62,63,76)(H2,68,70,78)/t32-,35+,36-,37+,38+,39?,42+,43+,44-,45+,48+,55?,93?/m0/s1. The predicted octanol–water partition coefficient (Wildman–Crippen LogP) is 2.91. The van der Waals surface area contributed by atoms with Crippen LogP contribution in [0.4, 0.5) is 20.7 Å². The van der Waals surface area contributed by atoms with Gasteiger partial charge in [-0.3, -0.25) is 51.2 Å². The van der Waals surface area contributed by atoms with Crippen molar-refractivity contribution in [1.29, 1.82) is 0 Å². The normalized spacial score (nSPS) is 27.4. The van der Waals surface area contributed by atoms with Gasteiger partial charge in [0.25, 0.3) is 5.56 Å². The Hall–Kier alpha value is -6.28. The van der Waals surface area contributed by atoms with Crippen molar-refractivity contribution in [1.82, 2.24) is 65.6 Å². The smallest absolute Gasteiger partial charge is 0.382 e. The van der Waals surface area contributed by atoms with Crippen molar-refractivity contribution in [3.63, 3.8) is 0 Å². The zero-order valence-corrected chi connectivity index (χ0v) is 55.6. The summed E-state index contributed by atoms with van der Waals surface area (Å²) in [5.74, 6) is -1.04. The first kappa shape index (κ1) is 71.5. The second-order valence-corrected chi connectivity index (χ2v) is 29.8. The van der Waals surface area contributed by atoms with Gasteiger partial charge < -0.3 is 75.9 Å². The van der Waals surface area contributed by atoms with Gasteiger partial charge in [0.2, 0.25) is 23.6 Å². The molecule has 4 aromatic heterocycles. The van der Waals surface area contributed by atoms with Gasteiger partial charge in [-0.1, -0.05) is 32.4 Å². The van der Waals surface area contributed by atoms with Crippen LogP contribution in [0.15, 0.2) is 54.4 Å². The number of alkyl halides is 1. The second-order valence-electron chi connectivity index (χ2n) is 23.1. The number of rotatable bonds is 31. The number of nitrogen functional groups attached to an aromatic ring is 1. The summed E-state index contributed by atoms with van der Waals surface area (Å²) in [6.07, 6.45) is -2.69. The number of hydrogen-bond donors (Lipinski definition) is 9. The van der Waals surface area contributed by atoms with Crippen LogP contribution < -0.4 is 43.2 Å². The van der Waals surface area contributed by atoms with E-state index in [1.165, 1.54) is 35.0 Å². The number of phosphoric ester groups is 1. The van der Waals surface area contributed by atoms with Crippen molar-refractivity contribution < 1.29 is 88.9 Å². The van der Waals surface area contributed by atoms with E-state index in [1.54, 1.807) is 38.1 Å². The maximum absolute atomic E-state index is 16.6. The van der Waals surface area contributed by atoms with Gasteiger partial charge in [0, 0.05) is 48.3 Å². The van der Waals surface area contributed by atoms with Gasteiger partial charge in [0.15, 0.2) is 35.0 Å². The molecule has 5 aliphatic heterocycles. The predicted molar refractivity (Wildman–Crippen MR) is 340 cm³/mol. The Balaban J connectivity index is 0.631. The number of nitrogens with two attached hydrogens (primary N) is 1. The van der Waals surface area contributed by atoms with Crippen LogP contribution in [0.1, 0.15) is 77.3 Å². The van der Waals surface area contributed by atoms with Crippen LogP contribution >= 0.6 is 37.8 Å². The van der Waals surface area contributed by atoms with Crippen molar-refractivity contribution in [3.05, 3.63) is 65.5 Å². The Morgan fingerprint density at radius 1 is 0.800 bits per heavy atom. The maximum Gasteiger partial charge on any atom is 0.472 e. The summed E-state index contributed by atoms with van der Waals surface area (Å²) in [6.45, 7) is 1.88. The number of ether oxygens (including phenoxy) is 6. The molecule has 10 N–H and O–H groups in total. The minimum Gasteiger partial charge on any atom is -0.382 e. The molecule has 5 saturated heterocycles. The number of nitrogens with one attached hydrogen (secondary N) is 7. The van der Waals surface area contributed by atoms with E-state index in [4.69, 9.17) is 52.2 Å². The molecule has 95 heavy (non-hydrogen) atoms. The molecular weight excluding hydrogens is 1330 g/mol. The molecule has 6 amide bonds. The van der Waals surface area contributed by atoms with E-state index >= 15 is 8.96 Å². The summed E-state index contributed by atoms with van der Waals surface area (Å²) in [6, 6.07) is 4.71. The van der Waals surface area contributed by atoms with Gasteiger partial charge in [-0.2, -0.15) is 11.8 Å². The number of halogens is 1. The summed E-state index contributed by atoms with van der Waals surface area (Å²) >= 11 is 2.62. The highest BCUT2D eigenvalue weighted by Crippen LogP contribution is 2.65. The quantitative estimate of drug-likeness (QED) is 0.0175. The highest BCUT2D eigenvalue weighted by molar-refractivity contribution is 8.54. The number of aromatic amines is 1. The number of carbonyl (C=O) groups excluding carboxylic acids is 5. The fourth-order valence-corrected chi connectivity index (χ4v) is 16.9. The summed E-state index contributed by atoms with van der Waals surface area (Å²) in [5, 5.41) is 17.3. The fraction of sp³-hybridized carbons (Fsp3) is 0.625. The first-order valence-corrected chi connectivity index (χ1v) is 36.7. The van der Waals surface area contributed by atoms with Crippen molar-refractivity contribution in [3.8, 4) is 0 Å². The number of fused-ring (bicyclic) bond motifs is 5. The number of anilines is 2. The summed E-state index contributed by atoms with van der Waals surface area (Å²) in [5.41, 5.74) is 6.72. The largest absolute Gasteiger partial charge is 0.472 e. The summed E-state index contributed by atoms with van der Waals surface area (Å²) in [4.78, 5) is 110. The molecule has 0 radical (unpaired) electrons. The number of unbranched alkanes of at least 4 members (excludes halogenated alkanes) is 1. The molecule has 5 aromatic rings. The van der Waals surface area contributed by atoms with Crippen molar-refractivity contribution in [2.45, 2.75) is 138 Å². The molecule has 0 aliphatic carbocycles. The number of aromatic nitrogens is 8. The van der Waals surface area contributed by atoms with Crippen LogP contribution in [0, 0.1) is 5.92 Å². The lowest BCUT2D eigenvalue weighted by atomic mass is 10.0. The van der Waals surface area contributed by atoms with E-state index in [9.17, 15) is 38.2 Å². The Bertz CT molecular complexity index is 3620. The first-order valence-electron chi connectivity index (χ1n) is 31.0. The van der Waals surface area contributed by atoms with E-state index in [2.05, 4.69) is 61.8 Å². The minimum absolute atomic E-state index is 0.000886. The SMILES string of the molecule is CC(C)[C@H](NC(=O)CCOCCOCCOCCOCCNC(=O)CCCCC1SC[C@H]2NC(=O)N[C@@H]12)C(=O)N[C@@H](C)C(=O)Nc1ccc(CSP2(=O)OC[C@H]3OC(n4cnc5c(N)ncnc54)[C@H](F)[C@@H]3OP(=O)(O)OC[C@H]3O[C@@H](n4cnc5c(=O)[nH]cnc54)C[C@@H]3O2)cc1. The Morgan fingerprint density at radius 2 is 1.51 bits per heavy atom. The molecular formula is C56H78FN15O19P2S2. The van der Waals surface area contributed by atoms with Gasteiger partial charge in [0.05, 0.1) is 97.1 Å². The van der Waals surface area contributed by atoms with Gasteiger partial charge in [-0.15, -0.1) is 0 Å². The van der Waals surface area contributed by atoms with Gasteiger partial charge >= 0.3 is 20.7 Å². The van der Waals surface area contributed by atoms with Crippen LogP contribution in [0.3, 0.4) is 0 Å². The number of carbonyl (C=O) groups is 5. The summed E-state index contributed by atoms with van der Waals surface area (Å²) in [7, 11) is -5.13. The molecule has 520 valence electrons. The lowest BCUT2D eigenvalue weighted by Gasteiger charge is -2.28. The Morgan fingerprint density at radius 3 is 2.26 bits per heavy atom. The van der Waals surface area contributed by atoms with E-state index in [0.717, 1.165) is 42.7 Å². The van der Waals surface area contributed by atoms with Gasteiger partial charge in [-0.25, -0.2) is 43.2 Å². The Labute approximate surface area is 551 Å². The molecule has 5 fully saturated rings. The highest BCUT2D eigenvalue weighted by Gasteiger charge is 2.53. The van der Waals surface area contributed by atoms with Crippen LogP contribution in [-0.4, -0.2) is 212 Å². The number of benzene rings is 1. The monoisotopic (exact) mass is 1410 g/mol. The molecule has 4 unspecified atom stereocenters. The molecule has 5 aliphatic rings. The topological polar surface area (TPSA) is 437 Å². The van der Waals surface area contributed by atoms with Crippen molar-refractivity contribution >= 4 is 101 Å². The van der Waals surface area contributed by atoms with Crippen LogP contribution in [0.5, 0.6) is 0 Å². The molecule has 9 heterocycles. The number of nitrogens with zero attached hydrogens (tertiary/aromatic N) is 7. The minimum atomic E-state index is -5.13. The number of hydrogen-bond acceptors (Lipinski definition) is 26.